The molecule has 7 nitrogen and oxygen atoms in total. The molecule has 1 aromatic rings. The molecule has 1 saturated heterocycles. The molecule has 0 aromatic heterocycles. The summed E-state index contributed by atoms with van der Waals surface area (Å²) in [6, 6.07) is 4.80. The van der Waals surface area contributed by atoms with Crippen LogP contribution < -0.4 is 15.4 Å². The van der Waals surface area contributed by atoms with E-state index in [9.17, 15) is 8.42 Å². The second-order valence-corrected chi connectivity index (χ2v) is 7.32. The topological polar surface area (TPSA) is 79.9 Å². The number of hydrogen-bond donors (Lipinski definition) is 2. The van der Waals surface area contributed by atoms with E-state index in [4.69, 9.17) is 21.7 Å². The molecule has 1 aliphatic rings. The first-order chi connectivity index (χ1) is 11.5. The molecule has 0 radical (unpaired) electrons. The Morgan fingerprint density at radius 1 is 1.46 bits per heavy atom. The van der Waals surface area contributed by atoms with Crippen molar-refractivity contribution in [2.45, 2.75) is 4.90 Å². The largest absolute Gasteiger partial charge is 0.497 e. The molecular formula is C15H21N3O4S2. The van der Waals surface area contributed by atoms with Crippen molar-refractivity contribution in [2.24, 2.45) is 0 Å². The van der Waals surface area contributed by atoms with E-state index < -0.39 is 10.0 Å². The van der Waals surface area contributed by atoms with Gasteiger partial charge in [0, 0.05) is 25.7 Å². The van der Waals surface area contributed by atoms with Gasteiger partial charge in [-0.25, -0.2) is 8.42 Å². The Morgan fingerprint density at radius 2 is 2.17 bits per heavy atom. The number of methoxy groups -OCH3 is 1. The molecule has 0 atom stereocenters. The van der Waals surface area contributed by atoms with Crippen molar-refractivity contribution in [3.63, 3.8) is 0 Å². The lowest BCUT2D eigenvalue weighted by Gasteiger charge is -2.27. The van der Waals surface area contributed by atoms with Gasteiger partial charge in [0.2, 0.25) is 10.0 Å². The van der Waals surface area contributed by atoms with Gasteiger partial charge in [0.15, 0.2) is 5.11 Å². The number of anilines is 1. The minimum atomic E-state index is -3.69. The van der Waals surface area contributed by atoms with Crippen LogP contribution in [0.1, 0.15) is 0 Å². The van der Waals surface area contributed by atoms with Gasteiger partial charge in [0.05, 0.1) is 26.0 Å². The van der Waals surface area contributed by atoms with Gasteiger partial charge >= 0.3 is 0 Å². The number of sulfonamides is 1. The minimum Gasteiger partial charge on any atom is -0.497 e. The monoisotopic (exact) mass is 371 g/mol. The summed E-state index contributed by atoms with van der Waals surface area (Å²) in [7, 11) is -2.20. The molecule has 2 N–H and O–H groups in total. The Morgan fingerprint density at radius 3 is 2.79 bits per heavy atom. The summed E-state index contributed by atoms with van der Waals surface area (Å²) in [6.07, 6.45) is 1.66. The maximum absolute atomic E-state index is 13.0. The van der Waals surface area contributed by atoms with Crippen LogP contribution in [0, 0.1) is 0 Å². The highest BCUT2D eigenvalue weighted by molar-refractivity contribution is 7.89. The van der Waals surface area contributed by atoms with Crippen LogP contribution in [0.3, 0.4) is 0 Å². The molecular weight excluding hydrogens is 350 g/mol. The van der Waals surface area contributed by atoms with E-state index in [2.05, 4.69) is 17.2 Å². The van der Waals surface area contributed by atoms with Crippen LogP contribution in [0.5, 0.6) is 5.75 Å². The smallest absolute Gasteiger partial charge is 0.245 e. The van der Waals surface area contributed by atoms with E-state index in [0.717, 1.165) is 0 Å². The molecule has 9 heteroatoms. The predicted octanol–water partition coefficient (Wildman–Crippen LogP) is 1.19. The molecule has 0 unspecified atom stereocenters. The molecule has 0 aliphatic carbocycles. The van der Waals surface area contributed by atoms with Crippen LogP contribution in [-0.2, 0) is 14.8 Å². The average molecular weight is 371 g/mol. The molecule has 1 heterocycles. The zero-order chi connectivity index (χ0) is 17.6. The summed E-state index contributed by atoms with van der Waals surface area (Å²) in [5.74, 6) is 0.456. The van der Waals surface area contributed by atoms with Gasteiger partial charge in [-0.2, -0.15) is 4.31 Å². The molecule has 1 aliphatic heterocycles. The number of nitrogens with one attached hydrogen (secondary N) is 2. The molecule has 0 spiro atoms. The van der Waals surface area contributed by atoms with Crippen LogP contribution in [-0.4, -0.2) is 57.8 Å². The van der Waals surface area contributed by atoms with Crippen LogP contribution in [0.4, 0.5) is 5.69 Å². The third-order valence-electron chi connectivity index (χ3n) is 3.43. The summed E-state index contributed by atoms with van der Waals surface area (Å²) in [5.41, 5.74) is 0.392. The average Bonchev–Trinajstić information content (AvgIpc) is 2.61. The summed E-state index contributed by atoms with van der Waals surface area (Å²) < 4.78 is 37.7. The summed E-state index contributed by atoms with van der Waals surface area (Å²) in [6.45, 7) is 5.47. The molecule has 0 amide bonds. The van der Waals surface area contributed by atoms with Crippen molar-refractivity contribution in [2.75, 3.05) is 45.3 Å². The van der Waals surface area contributed by atoms with Gasteiger partial charge in [-0.15, -0.1) is 6.58 Å². The van der Waals surface area contributed by atoms with E-state index in [1.54, 1.807) is 18.2 Å². The standard InChI is InChI=1S/C15H21N3O4S2/c1-3-6-16-15(23)17-13-5-4-12(21-2)11-14(13)24(19,20)18-7-9-22-10-8-18/h3-5,11H,1,6-10H2,2H3,(H2,16,17,23). The van der Waals surface area contributed by atoms with Gasteiger partial charge in [-0.1, -0.05) is 6.08 Å². The minimum absolute atomic E-state index is 0.117. The fraction of sp³-hybridized carbons (Fsp3) is 0.400. The SMILES string of the molecule is C=CCNC(=S)Nc1ccc(OC)cc1S(=O)(=O)N1CCOCC1. The lowest BCUT2D eigenvalue weighted by atomic mass is 10.3. The van der Waals surface area contributed by atoms with Crippen molar-refractivity contribution in [3.05, 3.63) is 30.9 Å². The predicted molar refractivity (Wildman–Crippen MR) is 97.0 cm³/mol. The van der Waals surface area contributed by atoms with Crippen LogP contribution in [0.15, 0.2) is 35.7 Å². The Balaban J connectivity index is 2.34. The quantitative estimate of drug-likeness (QED) is 0.574. The Labute approximate surface area is 147 Å². The Bertz CT molecular complexity index is 701. The zero-order valence-electron chi connectivity index (χ0n) is 13.4. The first-order valence-corrected chi connectivity index (χ1v) is 9.25. The van der Waals surface area contributed by atoms with Crippen LogP contribution in [0.2, 0.25) is 0 Å². The first-order valence-electron chi connectivity index (χ1n) is 7.40. The maximum Gasteiger partial charge on any atom is 0.245 e. The molecule has 132 valence electrons. The Kier molecular flexibility index (Phi) is 6.55. The van der Waals surface area contributed by atoms with Gasteiger partial charge in [0.25, 0.3) is 0 Å². The lowest BCUT2D eigenvalue weighted by Crippen LogP contribution is -2.41. The summed E-state index contributed by atoms with van der Waals surface area (Å²) >= 11 is 5.17. The number of hydrogen-bond acceptors (Lipinski definition) is 5. The molecule has 2 rings (SSSR count). The van der Waals surface area contributed by atoms with E-state index in [1.165, 1.54) is 17.5 Å². The van der Waals surface area contributed by atoms with Crippen molar-refractivity contribution in [1.29, 1.82) is 0 Å². The Hall–Kier alpha value is -1.68. The van der Waals surface area contributed by atoms with Gasteiger partial charge in [-0.3, -0.25) is 0 Å². The number of rotatable bonds is 6. The molecule has 24 heavy (non-hydrogen) atoms. The molecule has 1 aromatic carbocycles. The van der Waals surface area contributed by atoms with Crippen molar-refractivity contribution in [3.8, 4) is 5.75 Å². The van der Waals surface area contributed by atoms with Gasteiger partial charge < -0.3 is 20.1 Å². The fourth-order valence-corrected chi connectivity index (χ4v) is 3.97. The highest BCUT2D eigenvalue weighted by Gasteiger charge is 2.29. The number of morpholine rings is 1. The van der Waals surface area contributed by atoms with E-state index in [-0.39, 0.29) is 4.90 Å². The lowest BCUT2D eigenvalue weighted by molar-refractivity contribution is 0.0730. The van der Waals surface area contributed by atoms with Crippen molar-refractivity contribution < 1.29 is 17.9 Å². The number of thiocarbonyl (C=S) groups is 1. The van der Waals surface area contributed by atoms with Crippen LogP contribution in [0.25, 0.3) is 0 Å². The summed E-state index contributed by atoms with van der Waals surface area (Å²) in [4.78, 5) is 0.117. The number of nitrogens with zero attached hydrogens (tertiary/aromatic N) is 1. The third kappa shape index (κ3) is 4.44. The third-order valence-corrected chi connectivity index (χ3v) is 5.62. The van der Waals surface area contributed by atoms with Crippen LogP contribution >= 0.6 is 12.2 Å². The fourth-order valence-electron chi connectivity index (χ4n) is 2.20. The van der Waals surface area contributed by atoms with E-state index in [1.807, 2.05) is 0 Å². The summed E-state index contributed by atoms with van der Waals surface area (Å²) in [5, 5.41) is 6.15. The normalized spacial score (nSPS) is 15.5. The van der Waals surface area contributed by atoms with Gasteiger partial charge in [-0.05, 0) is 24.4 Å². The van der Waals surface area contributed by atoms with E-state index in [0.29, 0.717) is 49.4 Å². The first kappa shape index (κ1) is 18.7. The van der Waals surface area contributed by atoms with Crippen molar-refractivity contribution in [1.82, 2.24) is 9.62 Å². The molecule has 0 saturated carbocycles. The highest BCUT2D eigenvalue weighted by atomic mass is 32.2. The number of ether oxygens (including phenoxy) is 2. The van der Waals surface area contributed by atoms with Gasteiger partial charge in [0.1, 0.15) is 10.6 Å². The van der Waals surface area contributed by atoms with Crippen molar-refractivity contribution >= 4 is 33.0 Å². The highest BCUT2D eigenvalue weighted by Crippen LogP contribution is 2.29. The van der Waals surface area contributed by atoms with E-state index >= 15 is 0 Å². The zero-order valence-corrected chi connectivity index (χ0v) is 15.1. The molecule has 0 bridgehead atoms. The second kappa shape index (κ2) is 8.43. The maximum atomic E-state index is 13.0. The number of benzene rings is 1. The molecule has 1 fully saturated rings. The second-order valence-electron chi connectivity index (χ2n) is 5.00.